The van der Waals surface area contributed by atoms with Crippen molar-refractivity contribution in [3.63, 3.8) is 0 Å². The fourth-order valence-corrected chi connectivity index (χ4v) is 2.69. The van der Waals surface area contributed by atoms with Gasteiger partial charge >= 0.3 is 0 Å². The van der Waals surface area contributed by atoms with Crippen LogP contribution in [0.5, 0.6) is 5.75 Å². The first-order chi connectivity index (χ1) is 11.1. The van der Waals surface area contributed by atoms with Crippen molar-refractivity contribution >= 4 is 29.1 Å². The maximum Gasteiger partial charge on any atom is 0.220 e. The Balaban J connectivity index is 2.01. The molecule has 23 heavy (non-hydrogen) atoms. The molecule has 0 spiro atoms. The Morgan fingerprint density at radius 3 is 2.57 bits per heavy atom. The molecular formula is C18H27Cl2NO2. The molecule has 0 radical (unpaired) electrons. The highest BCUT2D eigenvalue weighted by molar-refractivity contribution is 6.35. The van der Waals surface area contributed by atoms with Crippen molar-refractivity contribution < 1.29 is 9.53 Å². The number of nitrogens with one attached hydrogen (secondary N) is 1. The Kier molecular flexibility index (Phi) is 10.9. The Hall–Kier alpha value is -0.930. The van der Waals surface area contributed by atoms with Crippen molar-refractivity contribution in [2.45, 2.75) is 58.3 Å². The third-order valence-electron chi connectivity index (χ3n) is 3.55. The number of rotatable bonds is 12. The molecule has 3 nitrogen and oxygen atoms in total. The second-order valence-electron chi connectivity index (χ2n) is 5.64. The van der Waals surface area contributed by atoms with Crippen LogP contribution in [0.2, 0.25) is 10.0 Å². The largest absolute Gasteiger partial charge is 0.492 e. The highest BCUT2D eigenvalue weighted by Crippen LogP contribution is 2.27. The van der Waals surface area contributed by atoms with E-state index in [9.17, 15) is 4.79 Å². The van der Waals surface area contributed by atoms with Gasteiger partial charge in [-0.15, -0.1) is 0 Å². The third kappa shape index (κ3) is 9.72. The maximum absolute atomic E-state index is 11.7. The molecule has 0 atom stereocenters. The zero-order valence-corrected chi connectivity index (χ0v) is 15.4. The van der Waals surface area contributed by atoms with Crippen molar-refractivity contribution in [3.05, 3.63) is 28.2 Å². The van der Waals surface area contributed by atoms with Gasteiger partial charge in [-0.1, -0.05) is 62.2 Å². The molecule has 0 unspecified atom stereocenters. The molecule has 1 aromatic carbocycles. The lowest BCUT2D eigenvalue weighted by Crippen LogP contribution is -2.24. The molecule has 1 N–H and O–H groups in total. The molecule has 1 rings (SSSR count). The van der Waals surface area contributed by atoms with E-state index in [4.69, 9.17) is 27.9 Å². The van der Waals surface area contributed by atoms with Gasteiger partial charge in [-0.05, 0) is 31.0 Å². The molecule has 5 heteroatoms. The third-order valence-corrected chi connectivity index (χ3v) is 4.08. The molecule has 1 aromatic rings. The lowest BCUT2D eigenvalue weighted by molar-refractivity contribution is -0.121. The summed E-state index contributed by atoms with van der Waals surface area (Å²) in [5.41, 5.74) is 0. The van der Waals surface area contributed by atoms with Crippen LogP contribution in [0.25, 0.3) is 0 Å². The molecule has 0 aromatic heterocycles. The average molecular weight is 360 g/mol. The van der Waals surface area contributed by atoms with E-state index in [2.05, 4.69) is 12.2 Å². The van der Waals surface area contributed by atoms with E-state index in [1.807, 2.05) is 0 Å². The Morgan fingerprint density at radius 2 is 1.83 bits per heavy atom. The molecule has 0 saturated carbocycles. The maximum atomic E-state index is 11.7. The first-order valence-electron chi connectivity index (χ1n) is 8.48. The summed E-state index contributed by atoms with van der Waals surface area (Å²) in [4.78, 5) is 11.7. The lowest BCUT2D eigenvalue weighted by atomic mass is 10.1. The summed E-state index contributed by atoms with van der Waals surface area (Å²) < 4.78 is 5.55. The van der Waals surface area contributed by atoms with E-state index in [1.165, 1.54) is 32.1 Å². The predicted molar refractivity (Wildman–Crippen MR) is 97.6 cm³/mol. The Bertz CT molecular complexity index is 466. The molecule has 0 bridgehead atoms. The molecule has 0 aliphatic carbocycles. The first kappa shape index (κ1) is 20.1. The Morgan fingerprint density at radius 1 is 1.09 bits per heavy atom. The summed E-state index contributed by atoms with van der Waals surface area (Å²) >= 11 is 11.8. The molecule has 0 aliphatic heterocycles. The summed E-state index contributed by atoms with van der Waals surface area (Å²) in [6, 6.07) is 5.12. The van der Waals surface area contributed by atoms with Crippen LogP contribution in [-0.4, -0.2) is 19.1 Å². The summed E-state index contributed by atoms with van der Waals surface area (Å²) in [5.74, 6) is 0.688. The van der Waals surface area contributed by atoms with Crippen LogP contribution in [0, 0.1) is 0 Å². The molecule has 0 aliphatic rings. The van der Waals surface area contributed by atoms with Gasteiger partial charge in [0.25, 0.3) is 0 Å². The van der Waals surface area contributed by atoms with Gasteiger partial charge in [0.2, 0.25) is 5.91 Å². The summed E-state index contributed by atoms with van der Waals surface area (Å²) in [6.07, 6.45) is 8.53. The van der Waals surface area contributed by atoms with Gasteiger partial charge in [0.15, 0.2) is 0 Å². The first-order valence-corrected chi connectivity index (χ1v) is 9.23. The standard InChI is InChI=1S/C18H27Cl2NO2/c1-2-3-4-5-6-7-12-21-18(22)9-8-13-23-17-11-10-15(19)14-16(17)20/h10-11,14H,2-9,12-13H2,1H3,(H,21,22). The summed E-state index contributed by atoms with van der Waals surface area (Å²) in [7, 11) is 0. The zero-order chi connectivity index (χ0) is 16.9. The van der Waals surface area contributed by atoms with Gasteiger partial charge < -0.3 is 10.1 Å². The highest BCUT2D eigenvalue weighted by atomic mass is 35.5. The fraction of sp³-hybridized carbons (Fsp3) is 0.611. The van der Waals surface area contributed by atoms with Crippen molar-refractivity contribution in [2.75, 3.05) is 13.2 Å². The second-order valence-corrected chi connectivity index (χ2v) is 6.49. The van der Waals surface area contributed by atoms with E-state index in [0.29, 0.717) is 35.2 Å². The van der Waals surface area contributed by atoms with Gasteiger partial charge in [0.1, 0.15) is 5.75 Å². The molecule has 130 valence electrons. The van der Waals surface area contributed by atoms with E-state index >= 15 is 0 Å². The topological polar surface area (TPSA) is 38.3 Å². The van der Waals surface area contributed by atoms with Crippen molar-refractivity contribution in [1.82, 2.24) is 5.32 Å². The SMILES string of the molecule is CCCCCCCCNC(=O)CCCOc1ccc(Cl)cc1Cl. The van der Waals surface area contributed by atoms with Gasteiger partial charge in [-0.2, -0.15) is 0 Å². The second kappa shape index (κ2) is 12.5. The predicted octanol–water partition coefficient (Wildman–Crippen LogP) is 5.63. The summed E-state index contributed by atoms with van der Waals surface area (Å²) in [5, 5.41) is 4.02. The minimum atomic E-state index is 0.0874. The van der Waals surface area contributed by atoms with Crippen molar-refractivity contribution in [2.24, 2.45) is 0 Å². The number of benzene rings is 1. The van der Waals surface area contributed by atoms with Crippen LogP contribution in [0.4, 0.5) is 0 Å². The van der Waals surface area contributed by atoms with Gasteiger partial charge in [-0.25, -0.2) is 0 Å². The van der Waals surface area contributed by atoms with Gasteiger partial charge in [0, 0.05) is 18.0 Å². The van der Waals surface area contributed by atoms with E-state index in [1.54, 1.807) is 18.2 Å². The van der Waals surface area contributed by atoms with Crippen LogP contribution in [0.3, 0.4) is 0 Å². The van der Waals surface area contributed by atoms with Gasteiger partial charge in [0.05, 0.1) is 11.6 Å². The number of halogens is 2. The minimum absolute atomic E-state index is 0.0874. The number of carbonyl (C=O) groups is 1. The summed E-state index contributed by atoms with van der Waals surface area (Å²) in [6.45, 7) is 3.45. The van der Waals surface area contributed by atoms with Crippen molar-refractivity contribution in [1.29, 1.82) is 0 Å². The van der Waals surface area contributed by atoms with E-state index in [0.717, 1.165) is 13.0 Å². The Labute approximate surface area is 149 Å². The highest BCUT2D eigenvalue weighted by Gasteiger charge is 2.04. The van der Waals surface area contributed by atoms with E-state index in [-0.39, 0.29) is 5.91 Å². The van der Waals surface area contributed by atoms with Crippen LogP contribution >= 0.6 is 23.2 Å². The minimum Gasteiger partial charge on any atom is -0.492 e. The average Bonchev–Trinajstić information content (AvgIpc) is 2.52. The molecule has 1 amide bonds. The number of carbonyl (C=O) groups excluding carboxylic acids is 1. The van der Waals surface area contributed by atoms with Crippen LogP contribution in [-0.2, 0) is 4.79 Å². The number of unbranched alkanes of at least 4 members (excludes halogenated alkanes) is 5. The normalized spacial score (nSPS) is 10.6. The molecular weight excluding hydrogens is 333 g/mol. The smallest absolute Gasteiger partial charge is 0.220 e. The number of hydrogen-bond donors (Lipinski definition) is 1. The molecule has 0 saturated heterocycles. The lowest BCUT2D eigenvalue weighted by Gasteiger charge is -2.08. The monoisotopic (exact) mass is 359 g/mol. The van der Waals surface area contributed by atoms with Crippen molar-refractivity contribution in [3.8, 4) is 5.75 Å². The number of amides is 1. The molecule has 0 heterocycles. The molecule has 0 fully saturated rings. The van der Waals surface area contributed by atoms with E-state index < -0.39 is 0 Å². The fourth-order valence-electron chi connectivity index (χ4n) is 2.23. The van der Waals surface area contributed by atoms with Crippen LogP contribution in [0.1, 0.15) is 58.3 Å². The van der Waals surface area contributed by atoms with Crippen LogP contribution < -0.4 is 10.1 Å². The quantitative estimate of drug-likeness (QED) is 0.491. The number of hydrogen-bond acceptors (Lipinski definition) is 2. The number of ether oxygens (including phenoxy) is 1. The zero-order valence-electron chi connectivity index (χ0n) is 13.9. The van der Waals surface area contributed by atoms with Crippen LogP contribution in [0.15, 0.2) is 18.2 Å². The van der Waals surface area contributed by atoms with Gasteiger partial charge in [-0.3, -0.25) is 4.79 Å².